The van der Waals surface area contributed by atoms with Gasteiger partial charge >= 0.3 is 5.69 Å². The van der Waals surface area contributed by atoms with Gasteiger partial charge in [-0.25, -0.2) is 0 Å². The van der Waals surface area contributed by atoms with Gasteiger partial charge < -0.3 is 9.84 Å². The van der Waals surface area contributed by atoms with E-state index in [1.54, 1.807) is 13.0 Å². The van der Waals surface area contributed by atoms with Crippen molar-refractivity contribution in [2.24, 2.45) is 0 Å². The summed E-state index contributed by atoms with van der Waals surface area (Å²) >= 11 is 8.04. The lowest BCUT2D eigenvalue weighted by molar-refractivity contribution is -0.386. The summed E-state index contributed by atoms with van der Waals surface area (Å²) in [6, 6.07) is 4.88. The van der Waals surface area contributed by atoms with Crippen molar-refractivity contribution >= 4 is 48.9 Å². The predicted molar refractivity (Wildman–Crippen MR) is 87.8 cm³/mol. The number of nitrogens with zero attached hydrogens (tertiary/aromatic N) is 1. The predicted octanol–water partition coefficient (Wildman–Crippen LogP) is 4.81. The van der Waals surface area contributed by atoms with E-state index in [1.807, 2.05) is 11.4 Å². The van der Waals surface area contributed by atoms with Crippen molar-refractivity contribution in [3.05, 3.63) is 53.1 Å². The van der Waals surface area contributed by atoms with E-state index in [9.17, 15) is 15.2 Å². The highest BCUT2D eigenvalue weighted by molar-refractivity contribution is 9.10. The van der Waals surface area contributed by atoms with Gasteiger partial charge in [-0.2, -0.15) is 0 Å². The molecule has 0 amide bonds. The average molecular weight is 437 g/mol. The maximum Gasteiger partial charge on any atom is 0.312 e. The first-order valence-electron chi connectivity index (χ1n) is 5.90. The van der Waals surface area contributed by atoms with E-state index in [-0.39, 0.29) is 18.0 Å². The van der Waals surface area contributed by atoms with E-state index < -0.39 is 11.0 Å². The standard InChI is InChI=1S/C13H11Br2NO4S/c1-7(17)11-3-8(14)4-12(16(18)19)13(11)20-5-10-2-9(15)6-21-10/h2-4,6-7,17H,5H2,1H3/t7-/m1/s1. The topological polar surface area (TPSA) is 72.6 Å². The molecule has 2 aromatic rings. The first-order chi connectivity index (χ1) is 9.88. The summed E-state index contributed by atoms with van der Waals surface area (Å²) in [6.07, 6.45) is -0.869. The molecule has 112 valence electrons. The lowest BCUT2D eigenvalue weighted by Crippen LogP contribution is -2.04. The highest BCUT2D eigenvalue weighted by Crippen LogP contribution is 2.38. The Bertz CT molecular complexity index is 672. The summed E-state index contributed by atoms with van der Waals surface area (Å²) < 4.78 is 7.07. The number of halogens is 2. The SMILES string of the molecule is C[C@@H](O)c1cc(Br)cc([N+](=O)[O-])c1OCc1cc(Br)cs1. The van der Waals surface area contributed by atoms with E-state index in [2.05, 4.69) is 31.9 Å². The first kappa shape index (κ1) is 16.4. The van der Waals surface area contributed by atoms with Crippen LogP contribution in [0.25, 0.3) is 0 Å². The van der Waals surface area contributed by atoms with Crippen LogP contribution in [0.2, 0.25) is 0 Å². The molecule has 8 heteroatoms. The molecule has 0 spiro atoms. The Labute approximate surface area is 142 Å². The minimum absolute atomic E-state index is 0.0997. The van der Waals surface area contributed by atoms with Crippen LogP contribution in [-0.2, 0) is 6.61 Å². The van der Waals surface area contributed by atoms with Gasteiger partial charge in [0.15, 0.2) is 0 Å². The third kappa shape index (κ3) is 4.03. The first-order valence-corrected chi connectivity index (χ1v) is 8.36. The number of ether oxygens (including phenoxy) is 1. The van der Waals surface area contributed by atoms with Crippen LogP contribution in [0.15, 0.2) is 32.5 Å². The van der Waals surface area contributed by atoms with Crippen molar-refractivity contribution in [2.75, 3.05) is 0 Å². The Balaban J connectivity index is 2.37. The zero-order valence-electron chi connectivity index (χ0n) is 10.9. The van der Waals surface area contributed by atoms with Gasteiger partial charge in [-0.05, 0) is 35.0 Å². The molecule has 0 bridgehead atoms. The number of aliphatic hydroxyl groups is 1. The van der Waals surface area contributed by atoms with Crippen LogP contribution < -0.4 is 4.74 Å². The second-order valence-electron chi connectivity index (χ2n) is 4.30. The van der Waals surface area contributed by atoms with Crippen molar-refractivity contribution in [2.45, 2.75) is 19.6 Å². The largest absolute Gasteiger partial charge is 0.481 e. The molecule has 21 heavy (non-hydrogen) atoms. The number of aliphatic hydroxyl groups excluding tert-OH is 1. The number of nitro groups is 1. The summed E-state index contributed by atoms with van der Waals surface area (Å²) in [6.45, 7) is 1.75. The minimum atomic E-state index is -0.869. The molecular formula is C13H11Br2NO4S. The van der Waals surface area contributed by atoms with Crippen molar-refractivity contribution in [1.82, 2.24) is 0 Å². The van der Waals surface area contributed by atoms with Crippen LogP contribution in [0.3, 0.4) is 0 Å². The Hall–Kier alpha value is -0.960. The zero-order valence-corrected chi connectivity index (χ0v) is 14.9. The van der Waals surface area contributed by atoms with Crippen LogP contribution in [0, 0.1) is 10.1 Å². The van der Waals surface area contributed by atoms with Gasteiger partial charge in [-0.3, -0.25) is 10.1 Å². The molecule has 2 rings (SSSR count). The van der Waals surface area contributed by atoms with Gasteiger partial charge in [0.1, 0.15) is 6.61 Å². The highest BCUT2D eigenvalue weighted by Gasteiger charge is 2.23. The molecule has 1 atom stereocenters. The Morgan fingerprint density at radius 1 is 1.38 bits per heavy atom. The van der Waals surface area contributed by atoms with Crippen molar-refractivity contribution in [3.63, 3.8) is 0 Å². The highest BCUT2D eigenvalue weighted by atomic mass is 79.9. The molecule has 1 aromatic carbocycles. The van der Waals surface area contributed by atoms with Crippen molar-refractivity contribution in [1.29, 1.82) is 0 Å². The number of nitro benzene ring substituents is 1. The number of benzene rings is 1. The van der Waals surface area contributed by atoms with Gasteiger partial charge in [0.05, 0.1) is 11.0 Å². The third-order valence-corrected chi connectivity index (χ3v) is 4.82. The summed E-state index contributed by atoms with van der Waals surface area (Å²) in [5, 5.41) is 22.9. The Kier molecular flexibility index (Phi) is 5.37. The van der Waals surface area contributed by atoms with Crippen molar-refractivity contribution in [3.8, 4) is 5.75 Å². The van der Waals surface area contributed by atoms with E-state index in [0.717, 1.165) is 9.35 Å². The molecular weight excluding hydrogens is 426 g/mol. The molecule has 0 saturated heterocycles. The fraction of sp³-hybridized carbons (Fsp3) is 0.231. The van der Waals surface area contributed by atoms with E-state index in [0.29, 0.717) is 10.0 Å². The third-order valence-electron chi connectivity index (χ3n) is 2.69. The van der Waals surface area contributed by atoms with Crippen LogP contribution >= 0.6 is 43.2 Å². The summed E-state index contributed by atoms with van der Waals surface area (Å²) in [7, 11) is 0. The average Bonchev–Trinajstić information content (AvgIpc) is 2.81. The van der Waals surface area contributed by atoms with Gasteiger partial charge in [0.2, 0.25) is 5.75 Å². The molecule has 5 nitrogen and oxygen atoms in total. The fourth-order valence-corrected chi connectivity index (χ4v) is 3.60. The van der Waals surface area contributed by atoms with Crippen LogP contribution in [0.5, 0.6) is 5.75 Å². The van der Waals surface area contributed by atoms with Gasteiger partial charge in [0.25, 0.3) is 0 Å². The molecule has 0 saturated carbocycles. The van der Waals surface area contributed by atoms with E-state index in [4.69, 9.17) is 4.74 Å². The van der Waals surface area contributed by atoms with Crippen LogP contribution in [0.4, 0.5) is 5.69 Å². The van der Waals surface area contributed by atoms with Gasteiger partial charge in [-0.1, -0.05) is 15.9 Å². The summed E-state index contributed by atoms with van der Waals surface area (Å²) in [5.74, 6) is 0.0997. The maximum atomic E-state index is 11.2. The monoisotopic (exact) mass is 435 g/mol. The molecule has 0 fully saturated rings. The quantitative estimate of drug-likeness (QED) is 0.538. The zero-order chi connectivity index (χ0) is 15.6. The lowest BCUT2D eigenvalue weighted by atomic mass is 10.1. The number of hydrogen-bond acceptors (Lipinski definition) is 5. The van der Waals surface area contributed by atoms with E-state index >= 15 is 0 Å². The number of thiophene rings is 1. The minimum Gasteiger partial charge on any atom is -0.481 e. The lowest BCUT2D eigenvalue weighted by Gasteiger charge is -2.13. The van der Waals surface area contributed by atoms with Gasteiger partial charge in [-0.15, -0.1) is 11.3 Å². The molecule has 0 aliphatic rings. The second-order valence-corrected chi connectivity index (χ2v) is 7.12. The van der Waals surface area contributed by atoms with E-state index in [1.165, 1.54) is 17.4 Å². The summed E-state index contributed by atoms with van der Waals surface area (Å²) in [5.41, 5.74) is 0.211. The van der Waals surface area contributed by atoms with Gasteiger partial charge in [0, 0.05) is 30.8 Å². The summed E-state index contributed by atoms with van der Waals surface area (Å²) in [4.78, 5) is 11.6. The molecule has 1 aromatic heterocycles. The fourth-order valence-electron chi connectivity index (χ4n) is 1.78. The van der Waals surface area contributed by atoms with Crippen LogP contribution in [0.1, 0.15) is 23.5 Å². The van der Waals surface area contributed by atoms with Crippen LogP contribution in [-0.4, -0.2) is 10.0 Å². The normalized spacial score (nSPS) is 12.2. The molecule has 0 unspecified atom stereocenters. The molecule has 1 heterocycles. The molecule has 0 aliphatic heterocycles. The molecule has 0 aliphatic carbocycles. The maximum absolute atomic E-state index is 11.2. The van der Waals surface area contributed by atoms with Crippen molar-refractivity contribution < 1.29 is 14.8 Å². The Morgan fingerprint density at radius 2 is 2.10 bits per heavy atom. The number of rotatable bonds is 5. The molecule has 0 radical (unpaired) electrons. The smallest absolute Gasteiger partial charge is 0.312 e. The second kappa shape index (κ2) is 6.87. The Morgan fingerprint density at radius 3 is 2.62 bits per heavy atom. The number of hydrogen-bond donors (Lipinski definition) is 1. The molecule has 1 N–H and O–H groups in total.